The Morgan fingerprint density at radius 1 is 1.24 bits per heavy atom. The highest BCUT2D eigenvalue weighted by Gasteiger charge is 2.29. The van der Waals surface area contributed by atoms with Gasteiger partial charge in [-0.1, -0.05) is 18.2 Å². The number of ether oxygens (including phenoxy) is 1. The summed E-state index contributed by atoms with van der Waals surface area (Å²) >= 11 is 1.80. The van der Waals surface area contributed by atoms with E-state index in [1.165, 1.54) is 0 Å². The Balaban J connectivity index is 2.00. The summed E-state index contributed by atoms with van der Waals surface area (Å²) < 4.78 is 5.21. The van der Waals surface area contributed by atoms with Crippen molar-refractivity contribution in [2.75, 3.05) is 17.8 Å². The molecule has 2 aromatic rings. The number of methoxy groups -OCH3 is 1. The van der Waals surface area contributed by atoms with E-state index in [9.17, 15) is 4.79 Å². The van der Waals surface area contributed by atoms with Crippen molar-refractivity contribution >= 4 is 23.4 Å². The second kappa shape index (κ2) is 5.82. The Morgan fingerprint density at radius 3 is 2.86 bits per heavy atom. The average Bonchev–Trinajstić information content (AvgIpc) is 2.54. The maximum absolute atomic E-state index is 12.9. The number of carbonyl (C=O) groups is 1. The summed E-state index contributed by atoms with van der Waals surface area (Å²) in [7, 11) is 1.61. The molecule has 2 aromatic carbocycles. The van der Waals surface area contributed by atoms with Crippen LogP contribution in [0.15, 0.2) is 53.4 Å². The van der Waals surface area contributed by atoms with Gasteiger partial charge in [0.15, 0.2) is 0 Å². The van der Waals surface area contributed by atoms with Gasteiger partial charge in [0, 0.05) is 22.3 Å². The van der Waals surface area contributed by atoms with Crippen LogP contribution in [0.2, 0.25) is 0 Å². The van der Waals surface area contributed by atoms with Crippen LogP contribution in [0.5, 0.6) is 5.75 Å². The highest BCUT2D eigenvalue weighted by molar-refractivity contribution is 7.99. The molecule has 3 rings (SSSR count). The van der Waals surface area contributed by atoms with E-state index in [1.807, 2.05) is 41.3 Å². The number of benzene rings is 2. The molecular weight excluding hydrogens is 282 g/mol. The first-order valence-corrected chi connectivity index (χ1v) is 7.88. The van der Waals surface area contributed by atoms with Crippen LogP contribution < -0.4 is 9.64 Å². The van der Waals surface area contributed by atoms with Gasteiger partial charge in [-0.25, -0.2) is 0 Å². The fourth-order valence-electron chi connectivity index (χ4n) is 2.51. The summed E-state index contributed by atoms with van der Waals surface area (Å²) in [6, 6.07) is 15.6. The normalized spacial score (nSPS) is 17.2. The number of para-hydroxylation sites is 1. The molecule has 0 saturated carbocycles. The maximum Gasteiger partial charge on any atom is 0.258 e. The lowest BCUT2D eigenvalue weighted by molar-refractivity contribution is 0.0979. The molecule has 1 atom stereocenters. The lowest BCUT2D eigenvalue weighted by Gasteiger charge is -2.34. The van der Waals surface area contributed by atoms with Crippen molar-refractivity contribution < 1.29 is 9.53 Å². The van der Waals surface area contributed by atoms with Crippen LogP contribution >= 0.6 is 11.8 Å². The van der Waals surface area contributed by atoms with Crippen LogP contribution in [0.1, 0.15) is 17.3 Å². The molecule has 0 aromatic heterocycles. The van der Waals surface area contributed by atoms with Gasteiger partial charge in [0.25, 0.3) is 5.91 Å². The lowest BCUT2D eigenvalue weighted by atomic mass is 10.1. The number of carbonyl (C=O) groups excluding carboxylic acids is 1. The molecular formula is C17H17NO2S. The van der Waals surface area contributed by atoms with Crippen LogP contribution in [0.3, 0.4) is 0 Å². The molecule has 1 aliphatic heterocycles. The predicted molar refractivity (Wildman–Crippen MR) is 86.4 cm³/mol. The van der Waals surface area contributed by atoms with Crippen molar-refractivity contribution in [2.24, 2.45) is 0 Å². The fraction of sp³-hybridized carbons (Fsp3) is 0.235. The van der Waals surface area contributed by atoms with Gasteiger partial charge in [0.2, 0.25) is 0 Å². The minimum absolute atomic E-state index is 0.0224. The smallest absolute Gasteiger partial charge is 0.258 e. The van der Waals surface area contributed by atoms with E-state index in [0.717, 1.165) is 16.3 Å². The molecule has 0 spiro atoms. The van der Waals surface area contributed by atoms with Gasteiger partial charge < -0.3 is 9.64 Å². The molecule has 1 unspecified atom stereocenters. The van der Waals surface area contributed by atoms with Gasteiger partial charge in [-0.05, 0) is 37.3 Å². The van der Waals surface area contributed by atoms with Gasteiger partial charge >= 0.3 is 0 Å². The number of fused-ring (bicyclic) bond motifs is 1. The van der Waals surface area contributed by atoms with Crippen LogP contribution in [-0.4, -0.2) is 24.8 Å². The minimum atomic E-state index is 0.0224. The van der Waals surface area contributed by atoms with Crippen molar-refractivity contribution in [3.63, 3.8) is 0 Å². The third-order valence-electron chi connectivity index (χ3n) is 3.58. The second-order valence-electron chi connectivity index (χ2n) is 5.03. The summed E-state index contributed by atoms with van der Waals surface area (Å²) in [5.41, 5.74) is 1.65. The van der Waals surface area contributed by atoms with E-state index in [2.05, 4.69) is 13.0 Å². The Hall–Kier alpha value is -1.94. The van der Waals surface area contributed by atoms with Crippen LogP contribution in [-0.2, 0) is 0 Å². The quantitative estimate of drug-likeness (QED) is 0.844. The summed E-state index contributed by atoms with van der Waals surface area (Å²) in [5.74, 6) is 1.63. The van der Waals surface area contributed by atoms with Crippen molar-refractivity contribution in [1.82, 2.24) is 0 Å². The number of amides is 1. The van der Waals surface area contributed by atoms with Crippen LogP contribution in [0, 0.1) is 0 Å². The Labute approximate surface area is 128 Å². The van der Waals surface area contributed by atoms with E-state index in [1.54, 1.807) is 24.9 Å². The monoisotopic (exact) mass is 299 g/mol. The van der Waals surface area contributed by atoms with Crippen LogP contribution in [0.25, 0.3) is 0 Å². The minimum Gasteiger partial charge on any atom is -0.497 e. The summed E-state index contributed by atoms with van der Waals surface area (Å²) in [4.78, 5) is 16.0. The molecule has 1 aliphatic rings. The standard InChI is InChI=1S/C17H17NO2S/c1-12-11-21-16-9-4-3-8-15(16)18(12)17(19)13-6-5-7-14(10-13)20-2/h3-10,12H,11H2,1-2H3. The molecule has 21 heavy (non-hydrogen) atoms. The third kappa shape index (κ3) is 2.63. The van der Waals surface area contributed by atoms with E-state index in [-0.39, 0.29) is 11.9 Å². The molecule has 3 nitrogen and oxygen atoms in total. The summed E-state index contributed by atoms with van der Waals surface area (Å²) in [6.07, 6.45) is 0. The summed E-state index contributed by atoms with van der Waals surface area (Å²) in [6.45, 7) is 2.08. The first-order chi connectivity index (χ1) is 10.2. The number of rotatable bonds is 2. The van der Waals surface area contributed by atoms with Gasteiger partial charge in [-0.15, -0.1) is 11.8 Å². The van der Waals surface area contributed by atoms with Gasteiger partial charge in [0.1, 0.15) is 5.75 Å². The van der Waals surface area contributed by atoms with Crippen LogP contribution in [0.4, 0.5) is 5.69 Å². The number of thioether (sulfide) groups is 1. The number of hydrogen-bond acceptors (Lipinski definition) is 3. The van der Waals surface area contributed by atoms with E-state index >= 15 is 0 Å². The van der Waals surface area contributed by atoms with Gasteiger partial charge in [-0.2, -0.15) is 0 Å². The first kappa shape index (κ1) is 14.0. The van der Waals surface area contributed by atoms with E-state index < -0.39 is 0 Å². The fourth-order valence-corrected chi connectivity index (χ4v) is 3.56. The highest BCUT2D eigenvalue weighted by atomic mass is 32.2. The van der Waals surface area contributed by atoms with Crippen molar-refractivity contribution in [3.8, 4) is 5.75 Å². The molecule has 0 radical (unpaired) electrons. The molecule has 0 fully saturated rings. The van der Waals surface area contributed by atoms with Gasteiger partial charge in [0.05, 0.1) is 12.8 Å². The number of anilines is 1. The highest BCUT2D eigenvalue weighted by Crippen LogP contribution is 2.38. The van der Waals surface area contributed by atoms with Crippen molar-refractivity contribution in [1.29, 1.82) is 0 Å². The molecule has 0 aliphatic carbocycles. The molecule has 0 bridgehead atoms. The number of hydrogen-bond donors (Lipinski definition) is 0. The first-order valence-electron chi connectivity index (χ1n) is 6.90. The zero-order chi connectivity index (χ0) is 14.8. The van der Waals surface area contributed by atoms with E-state index in [0.29, 0.717) is 11.3 Å². The Bertz CT molecular complexity index is 671. The molecule has 0 saturated heterocycles. The predicted octanol–water partition coefficient (Wildman–Crippen LogP) is 3.84. The molecule has 4 heteroatoms. The SMILES string of the molecule is COc1cccc(C(=O)N2c3ccccc3SCC2C)c1. The lowest BCUT2D eigenvalue weighted by Crippen LogP contribution is -2.42. The van der Waals surface area contributed by atoms with Gasteiger partial charge in [-0.3, -0.25) is 4.79 Å². The zero-order valence-corrected chi connectivity index (χ0v) is 12.9. The molecule has 108 valence electrons. The topological polar surface area (TPSA) is 29.5 Å². The largest absolute Gasteiger partial charge is 0.497 e. The maximum atomic E-state index is 12.9. The average molecular weight is 299 g/mol. The number of nitrogens with zero attached hydrogens (tertiary/aromatic N) is 1. The summed E-state index contributed by atoms with van der Waals surface area (Å²) in [5, 5.41) is 0. The molecule has 1 amide bonds. The van der Waals surface area contributed by atoms with E-state index in [4.69, 9.17) is 4.74 Å². The van der Waals surface area contributed by atoms with Crippen molar-refractivity contribution in [3.05, 3.63) is 54.1 Å². The Kier molecular flexibility index (Phi) is 3.88. The second-order valence-corrected chi connectivity index (χ2v) is 6.10. The molecule has 0 N–H and O–H groups in total. The third-order valence-corrected chi connectivity index (χ3v) is 4.89. The Morgan fingerprint density at radius 2 is 2.05 bits per heavy atom. The molecule has 1 heterocycles. The zero-order valence-electron chi connectivity index (χ0n) is 12.1. The van der Waals surface area contributed by atoms with Crippen molar-refractivity contribution in [2.45, 2.75) is 17.9 Å².